The summed E-state index contributed by atoms with van der Waals surface area (Å²) in [5.74, 6) is 0.368. The monoisotopic (exact) mass is 327 g/mol. The van der Waals surface area contributed by atoms with Crippen LogP contribution in [0, 0.1) is 17.2 Å². The first-order valence-electron chi connectivity index (χ1n) is 7.21. The Morgan fingerprint density at radius 3 is 2.52 bits per heavy atom. The Hall–Kier alpha value is -2.52. The number of nitrogens with zero attached hydrogens (tertiary/aromatic N) is 1. The van der Waals surface area contributed by atoms with E-state index < -0.39 is 21.0 Å². The van der Waals surface area contributed by atoms with Crippen molar-refractivity contribution in [3.8, 4) is 17.6 Å². The Morgan fingerprint density at radius 2 is 1.78 bits per heavy atom. The fourth-order valence-electron chi connectivity index (χ4n) is 3.11. The van der Waals surface area contributed by atoms with Gasteiger partial charge in [-0.05, 0) is 29.8 Å². The molecule has 0 saturated heterocycles. The highest BCUT2D eigenvalue weighted by molar-refractivity contribution is 7.92. The van der Waals surface area contributed by atoms with Crippen molar-refractivity contribution in [3.63, 3.8) is 0 Å². The Kier molecular flexibility index (Phi) is 3.06. The molecule has 1 fully saturated rings. The van der Waals surface area contributed by atoms with Crippen molar-refractivity contribution in [2.45, 2.75) is 16.1 Å². The molecule has 4 rings (SSSR count). The van der Waals surface area contributed by atoms with Crippen molar-refractivity contribution in [2.24, 2.45) is 5.92 Å². The molecular formula is C17H13NO4S. The highest BCUT2D eigenvalue weighted by Crippen LogP contribution is 2.54. The maximum absolute atomic E-state index is 12.8. The molecule has 1 heterocycles. The summed E-state index contributed by atoms with van der Waals surface area (Å²) in [7, 11) is -3.53. The van der Waals surface area contributed by atoms with Gasteiger partial charge in [-0.3, -0.25) is 0 Å². The van der Waals surface area contributed by atoms with Crippen molar-refractivity contribution >= 4 is 9.84 Å². The summed E-state index contributed by atoms with van der Waals surface area (Å²) in [6.07, 6.45) is 0. The Labute approximate surface area is 134 Å². The van der Waals surface area contributed by atoms with Crippen LogP contribution in [-0.4, -0.2) is 20.5 Å². The molecular weight excluding hydrogens is 314 g/mol. The first-order valence-corrected chi connectivity index (χ1v) is 8.75. The minimum absolute atomic E-state index is 0.164. The summed E-state index contributed by atoms with van der Waals surface area (Å²) >= 11 is 0. The molecule has 1 aliphatic carbocycles. The van der Waals surface area contributed by atoms with Gasteiger partial charge in [-0.15, -0.1) is 0 Å². The fourth-order valence-corrected chi connectivity index (χ4v) is 5.20. The molecule has 6 heteroatoms. The lowest BCUT2D eigenvalue weighted by molar-refractivity contribution is 0.174. The van der Waals surface area contributed by atoms with Gasteiger partial charge >= 0.3 is 0 Å². The van der Waals surface area contributed by atoms with Gasteiger partial charge in [-0.1, -0.05) is 24.3 Å². The van der Waals surface area contributed by atoms with E-state index in [9.17, 15) is 13.7 Å². The SMILES string of the molecule is N#CC1C(c2ccc3c(c2)OCO3)C1S(=O)(=O)c1ccccc1. The number of nitriles is 1. The molecule has 2 aromatic rings. The van der Waals surface area contributed by atoms with Crippen molar-refractivity contribution in [2.75, 3.05) is 6.79 Å². The number of fused-ring (bicyclic) bond motifs is 1. The van der Waals surface area contributed by atoms with E-state index in [0.29, 0.717) is 11.5 Å². The standard InChI is InChI=1S/C17H13NO4S/c18-9-13-16(11-6-7-14-15(8-11)22-10-21-14)17(13)23(19,20)12-4-2-1-3-5-12/h1-8,13,16-17H,10H2. The number of hydrogen-bond donors (Lipinski definition) is 0. The molecule has 0 N–H and O–H groups in total. The lowest BCUT2D eigenvalue weighted by Gasteiger charge is -2.04. The summed E-state index contributed by atoms with van der Waals surface area (Å²) in [6.45, 7) is 0.164. The molecule has 5 nitrogen and oxygen atoms in total. The van der Waals surface area contributed by atoms with Crippen LogP contribution in [0.4, 0.5) is 0 Å². The molecule has 0 radical (unpaired) electrons. The highest BCUT2D eigenvalue weighted by Gasteiger charge is 2.59. The van der Waals surface area contributed by atoms with Crippen LogP contribution in [0.25, 0.3) is 0 Å². The van der Waals surface area contributed by atoms with E-state index >= 15 is 0 Å². The Balaban J connectivity index is 1.70. The lowest BCUT2D eigenvalue weighted by atomic mass is 10.1. The Morgan fingerprint density at radius 1 is 1.04 bits per heavy atom. The number of hydrogen-bond acceptors (Lipinski definition) is 5. The molecule has 23 heavy (non-hydrogen) atoms. The van der Waals surface area contributed by atoms with Gasteiger partial charge in [0.25, 0.3) is 0 Å². The number of ether oxygens (including phenoxy) is 2. The van der Waals surface area contributed by atoms with Crippen LogP contribution in [0.2, 0.25) is 0 Å². The third-order valence-corrected chi connectivity index (χ3v) is 6.55. The summed E-state index contributed by atoms with van der Waals surface area (Å²) in [6, 6.07) is 15.8. The van der Waals surface area contributed by atoms with Gasteiger partial charge in [0.1, 0.15) is 0 Å². The predicted molar refractivity (Wildman–Crippen MR) is 81.8 cm³/mol. The fraction of sp³-hybridized carbons (Fsp3) is 0.235. The van der Waals surface area contributed by atoms with Crippen LogP contribution in [0.3, 0.4) is 0 Å². The molecule has 3 atom stereocenters. The molecule has 0 bridgehead atoms. The zero-order chi connectivity index (χ0) is 16.0. The van der Waals surface area contributed by atoms with Crippen LogP contribution in [0.1, 0.15) is 11.5 Å². The summed E-state index contributed by atoms with van der Waals surface area (Å²) < 4.78 is 36.1. The van der Waals surface area contributed by atoms with Crippen LogP contribution >= 0.6 is 0 Å². The van der Waals surface area contributed by atoms with E-state index in [1.54, 1.807) is 42.5 Å². The van der Waals surface area contributed by atoms with E-state index in [1.165, 1.54) is 0 Å². The largest absolute Gasteiger partial charge is 0.454 e. The predicted octanol–water partition coefficient (Wildman–Crippen LogP) is 2.49. The number of benzene rings is 2. The third kappa shape index (κ3) is 2.16. The van der Waals surface area contributed by atoms with E-state index in [0.717, 1.165) is 5.56 Å². The quantitative estimate of drug-likeness (QED) is 0.865. The molecule has 2 aromatic carbocycles. The van der Waals surface area contributed by atoms with Gasteiger partial charge < -0.3 is 9.47 Å². The zero-order valence-corrected chi connectivity index (χ0v) is 12.9. The maximum Gasteiger partial charge on any atom is 0.231 e. The molecule has 3 unspecified atom stereocenters. The van der Waals surface area contributed by atoms with E-state index in [-0.39, 0.29) is 17.6 Å². The number of sulfone groups is 1. The van der Waals surface area contributed by atoms with Gasteiger partial charge in [0.2, 0.25) is 6.79 Å². The molecule has 0 amide bonds. The van der Waals surface area contributed by atoms with Gasteiger partial charge in [0.05, 0.1) is 22.1 Å². The minimum Gasteiger partial charge on any atom is -0.454 e. The number of rotatable bonds is 3. The molecule has 0 spiro atoms. The zero-order valence-electron chi connectivity index (χ0n) is 12.0. The molecule has 2 aliphatic rings. The second kappa shape index (κ2) is 5.00. The van der Waals surface area contributed by atoms with Gasteiger partial charge in [0.15, 0.2) is 21.3 Å². The van der Waals surface area contributed by atoms with Crippen LogP contribution in [0.15, 0.2) is 53.4 Å². The average molecular weight is 327 g/mol. The summed E-state index contributed by atoms with van der Waals surface area (Å²) in [4.78, 5) is 0.258. The van der Waals surface area contributed by atoms with Crippen molar-refractivity contribution in [3.05, 3.63) is 54.1 Å². The van der Waals surface area contributed by atoms with Gasteiger partial charge in [-0.2, -0.15) is 5.26 Å². The van der Waals surface area contributed by atoms with Crippen molar-refractivity contribution in [1.29, 1.82) is 5.26 Å². The topological polar surface area (TPSA) is 76.4 Å². The summed E-state index contributed by atoms with van der Waals surface area (Å²) in [5, 5.41) is 8.63. The van der Waals surface area contributed by atoms with E-state index in [1.807, 2.05) is 6.07 Å². The van der Waals surface area contributed by atoms with E-state index in [4.69, 9.17) is 9.47 Å². The van der Waals surface area contributed by atoms with Crippen LogP contribution < -0.4 is 9.47 Å². The lowest BCUT2D eigenvalue weighted by Crippen LogP contribution is -2.10. The van der Waals surface area contributed by atoms with Crippen molar-refractivity contribution < 1.29 is 17.9 Å². The minimum atomic E-state index is -3.53. The highest BCUT2D eigenvalue weighted by atomic mass is 32.2. The molecule has 0 aromatic heterocycles. The molecule has 116 valence electrons. The van der Waals surface area contributed by atoms with Crippen molar-refractivity contribution in [1.82, 2.24) is 0 Å². The van der Waals surface area contributed by atoms with Gasteiger partial charge in [0, 0.05) is 5.92 Å². The summed E-state index contributed by atoms with van der Waals surface area (Å²) in [5.41, 5.74) is 0.797. The second-order valence-electron chi connectivity index (χ2n) is 5.62. The van der Waals surface area contributed by atoms with E-state index in [2.05, 4.69) is 6.07 Å². The second-order valence-corrected chi connectivity index (χ2v) is 7.72. The molecule has 1 saturated carbocycles. The average Bonchev–Trinajstić information content (AvgIpc) is 3.15. The Bertz CT molecular complexity index is 902. The maximum atomic E-state index is 12.8. The first kappa shape index (κ1) is 14.1. The normalized spacial score (nSPS) is 24.9. The molecule has 1 aliphatic heterocycles. The first-order chi connectivity index (χ1) is 11.1. The third-order valence-electron chi connectivity index (χ3n) is 4.31. The smallest absolute Gasteiger partial charge is 0.231 e. The van der Waals surface area contributed by atoms with Crippen LogP contribution in [-0.2, 0) is 9.84 Å². The van der Waals surface area contributed by atoms with Gasteiger partial charge in [-0.25, -0.2) is 8.42 Å². The van der Waals surface area contributed by atoms with Crippen LogP contribution in [0.5, 0.6) is 11.5 Å².